The van der Waals surface area contributed by atoms with Crippen LogP contribution in [-0.2, 0) is 0 Å². The lowest BCUT2D eigenvalue weighted by Crippen LogP contribution is -1.84. The quantitative estimate of drug-likeness (QED) is 0.457. The molecular formula is C14H7Br2F. The normalized spacial score (nSPS) is 11.2. The molecule has 0 radical (unpaired) electrons. The summed E-state index contributed by atoms with van der Waals surface area (Å²) in [5, 5.41) is 4.10. The van der Waals surface area contributed by atoms with Gasteiger partial charge in [-0.3, -0.25) is 0 Å². The van der Waals surface area contributed by atoms with E-state index >= 15 is 0 Å². The van der Waals surface area contributed by atoms with E-state index in [0.717, 1.165) is 30.5 Å². The Bertz CT molecular complexity index is 735. The average molecular weight is 354 g/mol. The van der Waals surface area contributed by atoms with Gasteiger partial charge in [0.1, 0.15) is 5.82 Å². The molecule has 0 aliphatic carbocycles. The van der Waals surface area contributed by atoms with Crippen molar-refractivity contribution in [1.29, 1.82) is 0 Å². The molecule has 0 aliphatic rings. The summed E-state index contributed by atoms with van der Waals surface area (Å²) in [5.74, 6) is -0.222. The van der Waals surface area contributed by atoms with Gasteiger partial charge in [-0.15, -0.1) is 0 Å². The summed E-state index contributed by atoms with van der Waals surface area (Å²) in [6, 6.07) is 12.9. The summed E-state index contributed by atoms with van der Waals surface area (Å²) in [4.78, 5) is 0. The van der Waals surface area contributed by atoms with Crippen LogP contribution in [0.4, 0.5) is 4.39 Å². The molecule has 3 heteroatoms. The Morgan fingerprint density at radius 1 is 0.706 bits per heavy atom. The van der Waals surface area contributed by atoms with Crippen molar-refractivity contribution in [2.45, 2.75) is 0 Å². The lowest BCUT2D eigenvalue weighted by molar-refractivity contribution is 0.629. The second kappa shape index (κ2) is 4.07. The Morgan fingerprint density at radius 2 is 1.24 bits per heavy atom. The largest absolute Gasteiger partial charge is 0.207 e. The lowest BCUT2D eigenvalue weighted by Gasteiger charge is -2.09. The van der Waals surface area contributed by atoms with Gasteiger partial charge in [-0.1, -0.05) is 30.3 Å². The monoisotopic (exact) mass is 352 g/mol. The van der Waals surface area contributed by atoms with Gasteiger partial charge in [0.05, 0.1) is 0 Å². The molecule has 0 amide bonds. The third-order valence-corrected chi connectivity index (χ3v) is 4.56. The highest BCUT2D eigenvalue weighted by Gasteiger charge is 2.10. The molecule has 0 fully saturated rings. The van der Waals surface area contributed by atoms with Crippen molar-refractivity contribution in [2.75, 3.05) is 0 Å². The highest BCUT2D eigenvalue weighted by atomic mass is 79.9. The maximum atomic E-state index is 13.3. The van der Waals surface area contributed by atoms with Crippen LogP contribution in [0, 0.1) is 5.82 Å². The average Bonchev–Trinajstić information content (AvgIpc) is 2.36. The Balaban J connectivity index is 2.63. The first kappa shape index (κ1) is 11.2. The van der Waals surface area contributed by atoms with Gasteiger partial charge in [-0.2, -0.15) is 0 Å². The van der Waals surface area contributed by atoms with E-state index in [0.29, 0.717) is 0 Å². The number of hydrogen-bond donors (Lipinski definition) is 0. The molecule has 0 N–H and O–H groups in total. The Hall–Kier alpha value is -0.930. The fourth-order valence-electron chi connectivity index (χ4n) is 2.05. The van der Waals surface area contributed by atoms with Gasteiger partial charge in [-0.25, -0.2) is 4.39 Å². The van der Waals surface area contributed by atoms with Crippen LogP contribution in [0.5, 0.6) is 0 Å². The number of hydrogen-bond acceptors (Lipinski definition) is 0. The fraction of sp³-hybridized carbons (Fsp3) is 0. The minimum Gasteiger partial charge on any atom is -0.207 e. The molecule has 0 saturated carbocycles. The number of halogens is 3. The van der Waals surface area contributed by atoms with E-state index in [9.17, 15) is 4.39 Å². The number of fused-ring (bicyclic) bond motifs is 2. The van der Waals surface area contributed by atoms with Crippen molar-refractivity contribution in [3.63, 3.8) is 0 Å². The SMILES string of the molecule is Fc1ccc2c(Br)c3ccccc3c(Br)c2c1. The summed E-state index contributed by atoms with van der Waals surface area (Å²) in [6.45, 7) is 0. The molecule has 84 valence electrons. The van der Waals surface area contributed by atoms with Gasteiger partial charge in [0.15, 0.2) is 0 Å². The first-order valence-electron chi connectivity index (χ1n) is 5.13. The first-order chi connectivity index (χ1) is 8.18. The van der Waals surface area contributed by atoms with Gasteiger partial charge >= 0.3 is 0 Å². The Kier molecular flexibility index (Phi) is 2.68. The molecule has 0 saturated heterocycles. The maximum Gasteiger partial charge on any atom is 0.123 e. The van der Waals surface area contributed by atoms with E-state index in [1.807, 2.05) is 24.3 Å². The van der Waals surface area contributed by atoms with Crippen LogP contribution in [0.3, 0.4) is 0 Å². The van der Waals surface area contributed by atoms with Crippen molar-refractivity contribution < 1.29 is 4.39 Å². The molecule has 0 nitrogen and oxygen atoms in total. The number of benzene rings is 3. The molecule has 0 spiro atoms. The topological polar surface area (TPSA) is 0 Å². The predicted molar refractivity (Wildman–Crippen MR) is 76.8 cm³/mol. The summed E-state index contributed by atoms with van der Waals surface area (Å²) in [6.07, 6.45) is 0. The molecule has 0 heterocycles. The van der Waals surface area contributed by atoms with Crippen LogP contribution >= 0.6 is 31.9 Å². The Morgan fingerprint density at radius 3 is 1.88 bits per heavy atom. The number of rotatable bonds is 0. The van der Waals surface area contributed by atoms with Crippen molar-refractivity contribution in [3.05, 3.63) is 57.2 Å². The molecule has 0 bridgehead atoms. The van der Waals surface area contributed by atoms with Gasteiger partial charge in [0.2, 0.25) is 0 Å². The van der Waals surface area contributed by atoms with Crippen LogP contribution in [0.1, 0.15) is 0 Å². The van der Waals surface area contributed by atoms with E-state index in [2.05, 4.69) is 31.9 Å². The highest BCUT2D eigenvalue weighted by Crippen LogP contribution is 2.39. The molecule has 0 aromatic heterocycles. The minimum absolute atomic E-state index is 0.222. The van der Waals surface area contributed by atoms with Crippen LogP contribution in [0.2, 0.25) is 0 Å². The molecule has 0 aliphatic heterocycles. The molecular weight excluding hydrogens is 347 g/mol. The maximum absolute atomic E-state index is 13.3. The summed E-state index contributed by atoms with van der Waals surface area (Å²) in [7, 11) is 0. The van der Waals surface area contributed by atoms with E-state index in [4.69, 9.17) is 0 Å². The summed E-state index contributed by atoms with van der Waals surface area (Å²) < 4.78 is 15.3. The molecule has 0 atom stereocenters. The van der Waals surface area contributed by atoms with Crippen LogP contribution < -0.4 is 0 Å². The molecule has 0 unspecified atom stereocenters. The summed E-state index contributed by atoms with van der Waals surface area (Å²) in [5.41, 5.74) is 0. The van der Waals surface area contributed by atoms with E-state index in [1.165, 1.54) is 6.07 Å². The van der Waals surface area contributed by atoms with E-state index in [1.54, 1.807) is 12.1 Å². The van der Waals surface area contributed by atoms with E-state index in [-0.39, 0.29) is 5.82 Å². The lowest BCUT2D eigenvalue weighted by atomic mass is 10.0. The van der Waals surface area contributed by atoms with Crippen LogP contribution in [0.25, 0.3) is 21.5 Å². The Labute approximate surface area is 115 Å². The second-order valence-corrected chi connectivity index (χ2v) is 5.45. The third kappa shape index (κ3) is 1.69. The van der Waals surface area contributed by atoms with Gasteiger partial charge in [0.25, 0.3) is 0 Å². The van der Waals surface area contributed by atoms with Crippen molar-refractivity contribution >= 4 is 53.4 Å². The predicted octanol–water partition coefficient (Wildman–Crippen LogP) is 5.66. The third-order valence-electron chi connectivity index (χ3n) is 2.85. The smallest absolute Gasteiger partial charge is 0.123 e. The van der Waals surface area contributed by atoms with Crippen molar-refractivity contribution in [3.8, 4) is 0 Å². The van der Waals surface area contributed by atoms with Crippen LogP contribution in [0.15, 0.2) is 51.4 Å². The van der Waals surface area contributed by atoms with Crippen LogP contribution in [-0.4, -0.2) is 0 Å². The first-order valence-corrected chi connectivity index (χ1v) is 6.72. The zero-order valence-electron chi connectivity index (χ0n) is 8.68. The van der Waals surface area contributed by atoms with Gasteiger partial charge in [0, 0.05) is 14.3 Å². The fourth-order valence-corrected chi connectivity index (χ4v) is 3.41. The standard InChI is InChI=1S/C14H7Br2F/c15-13-9-3-1-2-4-10(9)14(16)12-7-8(17)5-6-11(12)13/h1-7H. The molecule has 17 heavy (non-hydrogen) atoms. The second-order valence-electron chi connectivity index (χ2n) is 3.86. The van der Waals surface area contributed by atoms with Crippen molar-refractivity contribution in [2.24, 2.45) is 0 Å². The highest BCUT2D eigenvalue weighted by molar-refractivity contribution is 9.11. The summed E-state index contributed by atoms with van der Waals surface area (Å²) >= 11 is 7.16. The zero-order valence-corrected chi connectivity index (χ0v) is 11.8. The van der Waals surface area contributed by atoms with Gasteiger partial charge in [-0.05, 0) is 60.2 Å². The molecule has 3 aromatic rings. The molecule has 3 rings (SSSR count). The van der Waals surface area contributed by atoms with Gasteiger partial charge < -0.3 is 0 Å². The minimum atomic E-state index is -0.222. The zero-order chi connectivity index (χ0) is 12.0. The van der Waals surface area contributed by atoms with E-state index < -0.39 is 0 Å². The van der Waals surface area contributed by atoms with Crippen molar-refractivity contribution in [1.82, 2.24) is 0 Å². The molecule has 3 aromatic carbocycles.